The minimum Gasteiger partial charge on any atom is -0.375 e. The van der Waals surface area contributed by atoms with Crippen LogP contribution in [0.2, 0.25) is 0 Å². The molecule has 0 aliphatic heterocycles. The molecule has 0 aliphatic carbocycles. The summed E-state index contributed by atoms with van der Waals surface area (Å²) in [5, 5.41) is 0. The van der Waals surface area contributed by atoms with Crippen LogP contribution in [0.25, 0.3) is 0 Å². The third-order valence-electron chi connectivity index (χ3n) is 4.14. The van der Waals surface area contributed by atoms with Crippen LogP contribution in [0.5, 0.6) is 0 Å². The number of hydrogen-bond donors (Lipinski definition) is 0. The molecule has 0 saturated heterocycles. The predicted molar refractivity (Wildman–Crippen MR) is 82.2 cm³/mol. The summed E-state index contributed by atoms with van der Waals surface area (Å²) in [6.07, 6.45) is 14.5. The van der Waals surface area contributed by atoms with Gasteiger partial charge in [-0.1, -0.05) is 72.6 Å². The molecule has 0 radical (unpaired) electrons. The zero-order chi connectivity index (χ0) is 13.7. The van der Waals surface area contributed by atoms with Crippen molar-refractivity contribution in [2.45, 2.75) is 104 Å². The third-order valence-corrected chi connectivity index (χ3v) is 4.14. The van der Waals surface area contributed by atoms with Crippen molar-refractivity contribution in [2.75, 3.05) is 6.61 Å². The Labute approximate surface area is 116 Å². The summed E-state index contributed by atoms with van der Waals surface area (Å²) in [7, 11) is 0. The highest BCUT2D eigenvalue weighted by molar-refractivity contribution is 4.77. The van der Waals surface area contributed by atoms with E-state index in [4.69, 9.17) is 4.74 Å². The van der Waals surface area contributed by atoms with E-state index in [1.807, 2.05) is 0 Å². The van der Waals surface area contributed by atoms with Gasteiger partial charge >= 0.3 is 0 Å². The molecule has 0 atom stereocenters. The Bertz CT molecular complexity index is 161. The van der Waals surface area contributed by atoms with E-state index in [1.54, 1.807) is 0 Å². The maximum Gasteiger partial charge on any atom is 0.0677 e. The lowest BCUT2D eigenvalue weighted by atomic mass is 9.90. The summed E-state index contributed by atoms with van der Waals surface area (Å²) in [6, 6.07) is 0. The molecule has 0 aromatic carbocycles. The number of hydrogen-bond acceptors (Lipinski definition) is 1. The van der Waals surface area contributed by atoms with E-state index >= 15 is 0 Å². The maximum absolute atomic E-state index is 6.12. The topological polar surface area (TPSA) is 9.23 Å². The Morgan fingerprint density at radius 2 is 1.22 bits per heavy atom. The molecule has 0 fully saturated rings. The Kier molecular flexibility index (Phi) is 12.0. The van der Waals surface area contributed by atoms with E-state index in [2.05, 4.69) is 27.7 Å². The molecule has 0 spiro atoms. The van der Waals surface area contributed by atoms with Crippen molar-refractivity contribution in [1.82, 2.24) is 0 Å². The lowest BCUT2D eigenvalue weighted by Crippen LogP contribution is -2.31. The highest BCUT2D eigenvalue weighted by Crippen LogP contribution is 2.28. The molecule has 0 unspecified atom stereocenters. The highest BCUT2D eigenvalue weighted by Gasteiger charge is 2.25. The van der Waals surface area contributed by atoms with E-state index in [9.17, 15) is 0 Å². The fraction of sp³-hybridized carbons (Fsp3) is 1.00. The molecule has 0 N–H and O–H groups in total. The van der Waals surface area contributed by atoms with E-state index in [-0.39, 0.29) is 5.60 Å². The van der Waals surface area contributed by atoms with Crippen LogP contribution in [0.4, 0.5) is 0 Å². The van der Waals surface area contributed by atoms with E-state index in [1.165, 1.54) is 64.2 Å². The number of ether oxygens (including phenoxy) is 1. The molecule has 0 aromatic heterocycles. The Morgan fingerprint density at radius 3 is 1.72 bits per heavy atom. The van der Waals surface area contributed by atoms with Crippen LogP contribution in [0.15, 0.2) is 0 Å². The Balaban J connectivity index is 3.69. The van der Waals surface area contributed by atoms with Gasteiger partial charge in [0.1, 0.15) is 0 Å². The van der Waals surface area contributed by atoms with Crippen molar-refractivity contribution < 1.29 is 4.74 Å². The maximum atomic E-state index is 6.12. The van der Waals surface area contributed by atoms with E-state index < -0.39 is 0 Å². The molecule has 1 nitrogen and oxygen atoms in total. The van der Waals surface area contributed by atoms with Gasteiger partial charge in [0, 0.05) is 6.61 Å². The average molecular weight is 256 g/mol. The number of rotatable bonds is 13. The van der Waals surface area contributed by atoms with Gasteiger partial charge < -0.3 is 4.74 Å². The van der Waals surface area contributed by atoms with Crippen molar-refractivity contribution in [1.29, 1.82) is 0 Å². The zero-order valence-electron chi connectivity index (χ0n) is 13.4. The first-order valence-electron chi connectivity index (χ1n) is 8.38. The zero-order valence-corrected chi connectivity index (χ0v) is 13.4. The van der Waals surface area contributed by atoms with Gasteiger partial charge in [-0.25, -0.2) is 0 Å². The Hall–Kier alpha value is -0.0400. The fourth-order valence-corrected chi connectivity index (χ4v) is 2.60. The lowest BCUT2D eigenvalue weighted by Gasteiger charge is -2.32. The van der Waals surface area contributed by atoms with Crippen LogP contribution < -0.4 is 0 Å². The second-order valence-corrected chi connectivity index (χ2v) is 5.61. The van der Waals surface area contributed by atoms with Gasteiger partial charge in [0.05, 0.1) is 5.60 Å². The van der Waals surface area contributed by atoms with Crippen LogP contribution in [0.1, 0.15) is 98.3 Å². The lowest BCUT2D eigenvalue weighted by molar-refractivity contribution is -0.0585. The largest absolute Gasteiger partial charge is 0.375 e. The first-order valence-corrected chi connectivity index (χ1v) is 8.38. The van der Waals surface area contributed by atoms with Gasteiger partial charge in [-0.2, -0.15) is 0 Å². The van der Waals surface area contributed by atoms with Crippen LogP contribution in [-0.4, -0.2) is 12.2 Å². The van der Waals surface area contributed by atoms with Crippen molar-refractivity contribution >= 4 is 0 Å². The summed E-state index contributed by atoms with van der Waals surface area (Å²) in [4.78, 5) is 0. The van der Waals surface area contributed by atoms with Crippen molar-refractivity contribution in [3.05, 3.63) is 0 Å². The third kappa shape index (κ3) is 8.13. The quantitative estimate of drug-likeness (QED) is 0.361. The molecule has 0 aromatic rings. The van der Waals surface area contributed by atoms with Crippen molar-refractivity contribution in [3.8, 4) is 0 Å². The summed E-state index contributed by atoms with van der Waals surface area (Å²) in [5.74, 6) is 0. The molecular weight excluding hydrogens is 220 g/mol. The van der Waals surface area contributed by atoms with Gasteiger partial charge in [0.2, 0.25) is 0 Å². The summed E-state index contributed by atoms with van der Waals surface area (Å²) in [5.41, 5.74) is 0.180. The highest BCUT2D eigenvalue weighted by atomic mass is 16.5. The second kappa shape index (κ2) is 12.0. The monoisotopic (exact) mass is 256 g/mol. The van der Waals surface area contributed by atoms with Gasteiger partial charge in [-0.15, -0.1) is 0 Å². The fourth-order valence-electron chi connectivity index (χ4n) is 2.60. The second-order valence-electron chi connectivity index (χ2n) is 5.61. The Morgan fingerprint density at radius 1 is 0.667 bits per heavy atom. The minimum atomic E-state index is 0.180. The average Bonchev–Trinajstić information content (AvgIpc) is 2.42. The molecule has 18 heavy (non-hydrogen) atoms. The first kappa shape index (κ1) is 18.0. The summed E-state index contributed by atoms with van der Waals surface area (Å²) in [6.45, 7) is 9.96. The van der Waals surface area contributed by atoms with Crippen LogP contribution >= 0.6 is 0 Å². The summed E-state index contributed by atoms with van der Waals surface area (Å²) >= 11 is 0. The van der Waals surface area contributed by atoms with Gasteiger partial charge in [0.15, 0.2) is 0 Å². The standard InChI is InChI=1S/C17H36O/c1-5-9-10-11-12-13-14-15-17(7-3,8-4)18-16-6-2/h5-16H2,1-4H3. The molecule has 0 saturated carbocycles. The van der Waals surface area contributed by atoms with Gasteiger partial charge in [0.25, 0.3) is 0 Å². The van der Waals surface area contributed by atoms with Crippen molar-refractivity contribution in [3.63, 3.8) is 0 Å². The smallest absolute Gasteiger partial charge is 0.0677 e. The molecule has 0 rings (SSSR count). The molecule has 0 amide bonds. The molecular formula is C17H36O. The minimum absolute atomic E-state index is 0.180. The summed E-state index contributed by atoms with van der Waals surface area (Å²) < 4.78 is 6.12. The van der Waals surface area contributed by atoms with Crippen LogP contribution in [-0.2, 0) is 4.74 Å². The molecule has 0 aliphatic rings. The predicted octanol–water partition coefficient (Wildman–Crippen LogP) is 6.11. The normalized spacial score (nSPS) is 12.0. The van der Waals surface area contributed by atoms with Gasteiger partial charge in [-0.05, 0) is 25.7 Å². The van der Waals surface area contributed by atoms with Crippen molar-refractivity contribution in [2.24, 2.45) is 0 Å². The van der Waals surface area contributed by atoms with E-state index in [0.717, 1.165) is 13.0 Å². The van der Waals surface area contributed by atoms with E-state index in [0.29, 0.717) is 0 Å². The molecule has 1 heteroatoms. The molecule has 0 heterocycles. The SMILES string of the molecule is CCCCCCCCCC(CC)(CC)OCCC. The van der Waals surface area contributed by atoms with Gasteiger partial charge in [-0.3, -0.25) is 0 Å². The van der Waals surface area contributed by atoms with Crippen LogP contribution in [0.3, 0.4) is 0 Å². The first-order chi connectivity index (χ1) is 8.74. The number of unbranched alkanes of at least 4 members (excludes halogenated alkanes) is 6. The molecule has 110 valence electrons. The molecule has 0 bridgehead atoms. The van der Waals surface area contributed by atoms with Crippen LogP contribution in [0, 0.1) is 0 Å².